The zero-order valence-electron chi connectivity index (χ0n) is 14.3. The molecule has 2 heterocycles. The van der Waals surface area contributed by atoms with Gasteiger partial charge in [-0.1, -0.05) is 18.5 Å². The second kappa shape index (κ2) is 7.56. The van der Waals surface area contributed by atoms with Gasteiger partial charge >= 0.3 is 0 Å². The maximum Gasteiger partial charge on any atom is 0.230 e. The zero-order chi connectivity index (χ0) is 17.1. The molecule has 0 radical (unpaired) electrons. The van der Waals surface area contributed by atoms with E-state index in [1.807, 2.05) is 34.9 Å². The number of amides is 2. The van der Waals surface area contributed by atoms with E-state index < -0.39 is 0 Å². The van der Waals surface area contributed by atoms with Crippen LogP contribution < -0.4 is 4.90 Å². The number of aryl methyl sites for hydroxylation is 1. The van der Waals surface area contributed by atoms with Gasteiger partial charge in [0.15, 0.2) is 0 Å². The highest BCUT2D eigenvalue weighted by molar-refractivity contribution is 6.30. The Bertz CT molecular complexity index is 624. The number of fused-ring (bicyclic) bond motifs is 1. The number of hydrogen-bond donors (Lipinski definition) is 0. The molecule has 2 aliphatic rings. The maximum absolute atomic E-state index is 13.0. The van der Waals surface area contributed by atoms with Gasteiger partial charge in [-0.05, 0) is 55.9 Å². The number of anilines is 1. The molecule has 0 spiro atoms. The Morgan fingerprint density at radius 2 is 1.96 bits per heavy atom. The van der Waals surface area contributed by atoms with Crippen LogP contribution >= 0.6 is 11.6 Å². The summed E-state index contributed by atoms with van der Waals surface area (Å²) >= 11 is 6.08. The van der Waals surface area contributed by atoms with Crippen molar-refractivity contribution in [3.05, 3.63) is 28.8 Å². The number of nitrogens with zero attached hydrogens (tertiary/aromatic N) is 2. The van der Waals surface area contributed by atoms with E-state index in [1.54, 1.807) is 0 Å². The summed E-state index contributed by atoms with van der Waals surface area (Å²) in [7, 11) is 0. The van der Waals surface area contributed by atoms with Crippen LogP contribution in [0.2, 0.25) is 5.02 Å². The summed E-state index contributed by atoms with van der Waals surface area (Å²) in [5.41, 5.74) is 2.18. The van der Waals surface area contributed by atoms with Gasteiger partial charge in [0.05, 0.1) is 0 Å². The topological polar surface area (TPSA) is 40.6 Å². The molecule has 1 saturated heterocycles. The fourth-order valence-corrected chi connectivity index (χ4v) is 3.96. The summed E-state index contributed by atoms with van der Waals surface area (Å²) in [6, 6.07) is 5.80. The molecule has 24 heavy (non-hydrogen) atoms. The predicted octanol–water partition coefficient (Wildman–Crippen LogP) is 3.66. The van der Waals surface area contributed by atoms with Crippen LogP contribution in [0, 0.1) is 5.92 Å². The van der Waals surface area contributed by atoms with E-state index in [0.29, 0.717) is 19.5 Å². The molecule has 4 nitrogen and oxygen atoms in total. The molecular formula is C19H25ClN2O2. The summed E-state index contributed by atoms with van der Waals surface area (Å²) in [4.78, 5) is 28.8. The van der Waals surface area contributed by atoms with Gasteiger partial charge in [0, 0.05) is 42.7 Å². The fraction of sp³-hybridized carbons (Fsp3) is 0.579. The van der Waals surface area contributed by atoms with Crippen LogP contribution in [0.5, 0.6) is 0 Å². The molecule has 2 aliphatic heterocycles. The van der Waals surface area contributed by atoms with Gasteiger partial charge in [0.25, 0.3) is 0 Å². The first-order valence-electron chi connectivity index (χ1n) is 8.97. The summed E-state index contributed by atoms with van der Waals surface area (Å²) < 4.78 is 0. The highest BCUT2D eigenvalue weighted by atomic mass is 35.5. The molecule has 2 amide bonds. The van der Waals surface area contributed by atoms with E-state index in [1.165, 1.54) is 0 Å². The van der Waals surface area contributed by atoms with Crippen molar-refractivity contribution >= 4 is 29.1 Å². The number of hydrogen-bond acceptors (Lipinski definition) is 2. The van der Waals surface area contributed by atoms with Crippen molar-refractivity contribution in [3.8, 4) is 0 Å². The van der Waals surface area contributed by atoms with E-state index >= 15 is 0 Å². The van der Waals surface area contributed by atoms with Gasteiger partial charge < -0.3 is 9.80 Å². The van der Waals surface area contributed by atoms with E-state index in [-0.39, 0.29) is 17.7 Å². The molecule has 0 bridgehead atoms. The van der Waals surface area contributed by atoms with Crippen LogP contribution in [0.1, 0.15) is 44.6 Å². The first kappa shape index (κ1) is 17.3. The lowest BCUT2D eigenvalue weighted by Gasteiger charge is -2.36. The molecular weight excluding hydrogens is 324 g/mol. The molecule has 0 saturated carbocycles. The Hall–Kier alpha value is -1.55. The molecule has 0 N–H and O–H groups in total. The largest absolute Gasteiger partial charge is 0.343 e. The lowest BCUT2D eigenvalue weighted by Crippen LogP contribution is -2.45. The second-order valence-corrected chi connectivity index (χ2v) is 7.21. The van der Waals surface area contributed by atoms with E-state index in [0.717, 1.165) is 54.9 Å². The van der Waals surface area contributed by atoms with Gasteiger partial charge in [0.2, 0.25) is 11.8 Å². The normalized spacial score (nSPS) is 18.4. The molecule has 130 valence electrons. The average molecular weight is 349 g/mol. The van der Waals surface area contributed by atoms with Crippen molar-refractivity contribution in [2.75, 3.05) is 24.5 Å². The van der Waals surface area contributed by atoms with Crippen LogP contribution in [0.3, 0.4) is 0 Å². The van der Waals surface area contributed by atoms with E-state index in [9.17, 15) is 9.59 Å². The zero-order valence-corrected chi connectivity index (χ0v) is 15.0. The van der Waals surface area contributed by atoms with Gasteiger partial charge in [-0.25, -0.2) is 0 Å². The van der Waals surface area contributed by atoms with Crippen molar-refractivity contribution < 1.29 is 9.59 Å². The molecule has 5 heteroatoms. The van der Waals surface area contributed by atoms with Crippen molar-refractivity contribution in [1.82, 2.24) is 4.90 Å². The number of carbonyl (C=O) groups is 2. The molecule has 1 fully saturated rings. The third kappa shape index (κ3) is 3.59. The van der Waals surface area contributed by atoms with Gasteiger partial charge in [-0.15, -0.1) is 0 Å². The number of piperidine rings is 1. The van der Waals surface area contributed by atoms with Crippen LogP contribution in [-0.2, 0) is 16.0 Å². The minimum atomic E-state index is 0.0253. The predicted molar refractivity (Wildman–Crippen MR) is 96.3 cm³/mol. The van der Waals surface area contributed by atoms with Crippen molar-refractivity contribution in [3.63, 3.8) is 0 Å². The van der Waals surface area contributed by atoms with Crippen molar-refractivity contribution in [2.24, 2.45) is 5.92 Å². The Morgan fingerprint density at radius 1 is 1.21 bits per heavy atom. The van der Waals surface area contributed by atoms with Crippen molar-refractivity contribution in [1.29, 1.82) is 0 Å². The van der Waals surface area contributed by atoms with Crippen LogP contribution in [-0.4, -0.2) is 36.3 Å². The smallest absolute Gasteiger partial charge is 0.230 e. The van der Waals surface area contributed by atoms with Crippen LogP contribution in [0.15, 0.2) is 18.2 Å². The first-order chi connectivity index (χ1) is 11.6. The Balaban J connectivity index is 1.66. The minimum absolute atomic E-state index is 0.0253. The van der Waals surface area contributed by atoms with E-state index in [2.05, 4.69) is 0 Å². The fourth-order valence-electron chi connectivity index (χ4n) is 3.76. The molecule has 1 aromatic rings. The quantitative estimate of drug-likeness (QED) is 0.836. The number of benzene rings is 1. The standard InChI is InChI=1S/C19H25ClN2O2/c1-2-4-18(23)21-11-8-14(9-12-21)19(24)22-10-3-5-15-13-16(20)6-7-17(15)22/h6-7,13-14H,2-5,8-12H2,1H3. The molecule has 0 atom stereocenters. The number of carbonyl (C=O) groups excluding carboxylic acids is 2. The van der Waals surface area contributed by atoms with Gasteiger partial charge in [-0.3, -0.25) is 9.59 Å². The van der Waals surface area contributed by atoms with E-state index in [4.69, 9.17) is 11.6 Å². The van der Waals surface area contributed by atoms with Crippen LogP contribution in [0.25, 0.3) is 0 Å². The third-order valence-electron chi connectivity index (χ3n) is 5.09. The number of rotatable bonds is 3. The minimum Gasteiger partial charge on any atom is -0.343 e. The van der Waals surface area contributed by atoms with Crippen LogP contribution in [0.4, 0.5) is 5.69 Å². The highest BCUT2D eigenvalue weighted by Gasteiger charge is 2.32. The van der Waals surface area contributed by atoms with Gasteiger partial charge in [0.1, 0.15) is 0 Å². The molecule has 3 rings (SSSR count). The monoisotopic (exact) mass is 348 g/mol. The SMILES string of the molecule is CCCC(=O)N1CCC(C(=O)N2CCCc3cc(Cl)ccc32)CC1. The molecule has 1 aromatic carbocycles. The summed E-state index contributed by atoms with van der Waals surface area (Å²) in [6.07, 6.45) is 4.99. The average Bonchev–Trinajstić information content (AvgIpc) is 2.60. The number of halogens is 1. The first-order valence-corrected chi connectivity index (χ1v) is 9.35. The second-order valence-electron chi connectivity index (χ2n) is 6.77. The summed E-state index contributed by atoms with van der Waals surface area (Å²) in [6.45, 7) is 4.21. The molecule has 0 unspecified atom stereocenters. The Kier molecular flexibility index (Phi) is 5.44. The lowest BCUT2D eigenvalue weighted by molar-refractivity contribution is -0.135. The Morgan fingerprint density at radius 3 is 2.67 bits per heavy atom. The Labute approximate surface area is 148 Å². The molecule has 0 aliphatic carbocycles. The number of likely N-dealkylation sites (tertiary alicyclic amines) is 1. The van der Waals surface area contributed by atoms with Gasteiger partial charge in [-0.2, -0.15) is 0 Å². The highest BCUT2D eigenvalue weighted by Crippen LogP contribution is 2.32. The summed E-state index contributed by atoms with van der Waals surface area (Å²) in [5, 5.41) is 0.728. The molecule has 0 aromatic heterocycles. The lowest BCUT2D eigenvalue weighted by atomic mass is 9.93. The van der Waals surface area contributed by atoms with Crippen molar-refractivity contribution in [2.45, 2.75) is 45.4 Å². The summed E-state index contributed by atoms with van der Waals surface area (Å²) in [5.74, 6) is 0.458. The third-order valence-corrected chi connectivity index (χ3v) is 5.32. The maximum atomic E-state index is 13.0.